The Morgan fingerprint density at radius 2 is 2.00 bits per heavy atom. The fourth-order valence-electron chi connectivity index (χ4n) is 2.22. The predicted molar refractivity (Wildman–Crippen MR) is 88.7 cm³/mol. The van der Waals surface area contributed by atoms with Crippen molar-refractivity contribution in [3.63, 3.8) is 0 Å². The maximum absolute atomic E-state index is 12.4. The Labute approximate surface area is 130 Å². The van der Waals surface area contributed by atoms with Gasteiger partial charge in [0, 0.05) is 31.0 Å². The zero-order valence-electron chi connectivity index (χ0n) is 13.2. The molecule has 2 aromatic rings. The molecule has 1 heterocycles. The minimum Gasteiger partial charge on any atom is -0.497 e. The number of carbonyl (C=O) groups is 1. The molecule has 0 unspecified atom stereocenters. The van der Waals surface area contributed by atoms with Crippen molar-refractivity contribution >= 4 is 17.3 Å². The van der Waals surface area contributed by atoms with Gasteiger partial charge in [-0.1, -0.05) is 6.07 Å². The molecule has 0 aliphatic heterocycles. The first-order valence-corrected chi connectivity index (χ1v) is 7.33. The van der Waals surface area contributed by atoms with E-state index in [1.54, 1.807) is 25.6 Å². The van der Waals surface area contributed by atoms with Gasteiger partial charge in [0.25, 0.3) is 5.91 Å². The number of methoxy groups -OCH3 is 1. The average molecular weight is 299 g/mol. The van der Waals surface area contributed by atoms with E-state index in [4.69, 9.17) is 4.74 Å². The van der Waals surface area contributed by atoms with Crippen LogP contribution in [0, 0.1) is 0 Å². The molecular weight excluding hydrogens is 278 g/mol. The lowest BCUT2D eigenvalue weighted by Crippen LogP contribution is -2.22. The van der Waals surface area contributed by atoms with E-state index in [1.165, 1.54) is 0 Å². The molecule has 1 amide bonds. The fraction of sp³-hybridized carbons (Fsp3) is 0.294. The molecule has 2 rings (SSSR count). The van der Waals surface area contributed by atoms with Gasteiger partial charge in [0.2, 0.25) is 0 Å². The van der Waals surface area contributed by atoms with Crippen LogP contribution in [0.25, 0.3) is 0 Å². The highest BCUT2D eigenvalue weighted by molar-refractivity contribution is 6.04. The summed E-state index contributed by atoms with van der Waals surface area (Å²) in [5, 5.41) is 2.86. The largest absolute Gasteiger partial charge is 0.497 e. The minimum absolute atomic E-state index is 0.185. The molecule has 5 nitrogen and oxygen atoms in total. The SMILES string of the molecule is CCN(CC)c1cncc(C(=O)Nc2cccc(OC)c2)c1. The molecule has 116 valence electrons. The summed E-state index contributed by atoms with van der Waals surface area (Å²) in [5.41, 5.74) is 2.17. The zero-order chi connectivity index (χ0) is 15.9. The van der Waals surface area contributed by atoms with Gasteiger partial charge in [0.05, 0.1) is 24.6 Å². The number of ether oxygens (including phenoxy) is 1. The van der Waals surface area contributed by atoms with Gasteiger partial charge >= 0.3 is 0 Å². The molecule has 0 saturated heterocycles. The van der Waals surface area contributed by atoms with Crippen LogP contribution < -0.4 is 15.0 Å². The Morgan fingerprint density at radius 1 is 1.23 bits per heavy atom. The number of aromatic nitrogens is 1. The van der Waals surface area contributed by atoms with Crippen LogP contribution in [0.15, 0.2) is 42.7 Å². The standard InChI is InChI=1S/C17H21N3O2/c1-4-20(5-2)15-9-13(11-18-12-15)17(21)19-14-7-6-8-16(10-14)22-3/h6-12H,4-5H2,1-3H3,(H,19,21). The molecule has 0 radical (unpaired) electrons. The maximum Gasteiger partial charge on any atom is 0.257 e. The number of anilines is 2. The monoisotopic (exact) mass is 299 g/mol. The van der Waals surface area contributed by atoms with E-state index in [2.05, 4.69) is 29.0 Å². The van der Waals surface area contributed by atoms with Gasteiger partial charge < -0.3 is 15.0 Å². The van der Waals surface area contributed by atoms with E-state index in [0.717, 1.165) is 18.8 Å². The van der Waals surface area contributed by atoms with Crippen molar-refractivity contribution < 1.29 is 9.53 Å². The van der Waals surface area contributed by atoms with Crippen LogP contribution in [-0.4, -0.2) is 31.1 Å². The van der Waals surface area contributed by atoms with E-state index in [1.807, 2.05) is 24.3 Å². The van der Waals surface area contributed by atoms with E-state index in [-0.39, 0.29) is 5.91 Å². The van der Waals surface area contributed by atoms with Crippen LogP contribution in [0.3, 0.4) is 0 Å². The molecular formula is C17H21N3O2. The lowest BCUT2D eigenvalue weighted by Gasteiger charge is -2.20. The highest BCUT2D eigenvalue weighted by atomic mass is 16.5. The summed E-state index contributed by atoms with van der Waals surface area (Å²) in [7, 11) is 1.60. The molecule has 5 heteroatoms. The molecule has 0 saturated carbocycles. The van der Waals surface area contributed by atoms with Gasteiger partial charge in [-0.15, -0.1) is 0 Å². The van der Waals surface area contributed by atoms with Crippen LogP contribution in [0.2, 0.25) is 0 Å². The average Bonchev–Trinajstić information content (AvgIpc) is 2.56. The smallest absolute Gasteiger partial charge is 0.257 e. The molecule has 1 aromatic carbocycles. The van der Waals surface area contributed by atoms with E-state index in [0.29, 0.717) is 17.0 Å². The number of carbonyl (C=O) groups excluding carboxylic acids is 1. The van der Waals surface area contributed by atoms with E-state index in [9.17, 15) is 4.79 Å². The molecule has 0 aliphatic rings. The number of nitrogens with one attached hydrogen (secondary N) is 1. The fourth-order valence-corrected chi connectivity index (χ4v) is 2.22. The van der Waals surface area contributed by atoms with Gasteiger partial charge in [0.15, 0.2) is 0 Å². The second-order valence-electron chi connectivity index (χ2n) is 4.79. The van der Waals surface area contributed by atoms with Crippen molar-refractivity contribution in [3.05, 3.63) is 48.3 Å². The summed E-state index contributed by atoms with van der Waals surface area (Å²) in [4.78, 5) is 18.7. The van der Waals surface area contributed by atoms with Gasteiger partial charge in [-0.2, -0.15) is 0 Å². The van der Waals surface area contributed by atoms with Gasteiger partial charge in [-0.3, -0.25) is 9.78 Å². The Bertz CT molecular complexity index is 639. The van der Waals surface area contributed by atoms with Crippen molar-refractivity contribution in [1.82, 2.24) is 4.98 Å². The topological polar surface area (TPSA) is 54.5 Å². The number of nitrogens with zero attached hydrogens (tertiary/aromatic N) is 2. The lowest BCUT2D eigenvalue weighted by molar-refractivity contribution is 0.102. The molecule has 0 aliphatic carbocycles. The molecule has 1 N–H and O–H groups in total. The summed E-state index contributed by atoms with van der Waals surface area (Å²) in [6, 6.07) is 9.12. The van der Waals surface area contributed by atoms with E-state index < -0.39 is 0 Å². The van der Waals surface area contributed by atoms with Crippen LogP contribution in [0.4, 0.5) is 11.4 Å². The van der Waals surface area contributed by atoms with E-state index >= 15 is 0 Å². The second-order valence-corrected chi connectivity index (χ2v) is 4.79. The summed E-state index contributed by atoms with van der Waals surface area (Å²) in [6.45, 7) is 5.90. The number of pyridine rings is 1. The van der Waals surface area contributed by atoms with Gasteiger partial charge in [-0.05, 0) is 32.0 Å². The first-order chi connectivity index (χ1) is 10.7. The summed E-state index contributed by atoms with van der Waals surface area (Å²) in [5.74, 6) is 0.516. The molecule has 0 fully saturated rings. The van der Waals surface area contributed by atoms with Gasteiger partial charge in [-0.25, -0.2) is 0 Å². The molecule has 0 bridgehead atoms. The predicted octanol–water partition coefficient (Wildman–Crippen LogP) is 3.19. The number of rotatable bonds is 6. The third-order valence-electron chi connectivity index (χ3n) is 3.44. The number of benzene rings is 1. The molecule has 0 atom stereocenters. The molecule has 22 heavy (non-hydrogen) atoms. The number of hydrogen-bond acceptors (Lipinski definition) is 4. The molecule has 0 spiro atoms. The van der Waals surface area contributed by atoms with Crippen molar-refractivity contribution in [2.45, 2.75) is 13.8 Å². The zero-order valence-corrected chi connectivity index (χ0v) is 13.2. The van der Waals surface area contributed by atoms with Crippen molar-refractivity contribution in [1.29, 1.82) is 0 Å². The Kier molecular flexibility index (Phi) is 5.36. The summed E-state index contributed by atoms with van der Waals surface area (Å²) in [6.07, 6.45) is 3.35. The first-order valence-electron chi connectivity index (χ1n) is 7.33. The van der Waals surface area contributed by atoms with Crippen LogP contribution in [-0.2, 0) is 0 Å². The normalized spacial score (nSPS) is 10.1. The lowest BCUT2D eigenvalue weighted by atomic mass is 10.2. The Balaban J connectivity index is 2.17. The minimum atomic E-state index is -0.185. The van der Waals surface area contributed by atoms with Crippen molar-refractivity contribution in [2.24, 2.45) is 0 Å². The summed E-state index contributed by atoms with van der Waals surface area (Å²) >= 11 is 0. The molecule has 1 aromatic heterocycles. The first kappa shape index (κ1) is 15.8. The Morgan fingerprint density at radius 3 is 2.68 bits per heavy atom. The number of amides is 1. The van der Waals surface area contributed by atoms with Crippen LogP contribution in [0.5, 0.6) is 5.75 Å². The second kappa shape index (κ2) is 7.45. The highest BCUT2D eigenvalue weighted by Crippen LogP contribution is 2.19. The van der Waals surface area contributed by atoms with Crippen molar-refractivity contribution in [2.75, 3.05) is 30.4 Å². The third-order valence-corrected chi connectivity index (χ3v) is 3.44. The van der Waals surface area contributed by atoms with Crippen LogP contribution in [0.1, 0.15) is 24.2 Å². The summed E-state index contributed by atoms with van der Waals surface area (Å²) < 4.78 is 5.15. The van der Waals surface area contributed by atoms with Crippen LogP contribution >= 0.6 is 0 Å². The van der Waals surface area contributed by atoms with Gasteiger partial charge in [0.1, 0.15) is 5.75 Å². The maximum atomic E-state index is 12.4. The third kappa shape index (κ3) is 3.75. The Hall–Kier alpha value is -2.56. The number of hydrogen-bond donors (Lipinski definition) is 1. The quantitative estimate of drug-likeness (QED) is 0.890. The van der Waals surface area contributed by atoms with Crippen molar-refractivity contribution in [3.8, 4) is 5.75 Å². The highest BCUT2D eigenvalue weighted by Gasteiger charge is 2.10.